The molecule has 0 amide bonds. The van der Waals surface area contributed by atoms with Crippen molar-refractivity contribution in [1.29, 1.82) is 0 Å². The highest BCUT2D eigenvalue weighted by Gasteiger charge is 2.17. The number of nitrogens with zero attached hydrogens (tertiary/aromatic N) is 1. The molecule has 3 N–H and O–H groups in total. The third-order valence-corrected chi connectivity index (χ3v) is 3.84. The lowest BCUT2D eigenvalue weighted by atomic mass is 10.3. The number of aromatic nitrogens is 1. The van der Waals surface area contributed by atoms with Crippen molar-refractivity contribution in [2.24, 2.45) is 5.73 Å². The Balaban J connectivity index is 2.68. The second-order valence-electron chi connectivity index (χ2n) is 3.19. The number of hydrogen-bond acceptors (Lipinski definition) is 4. The lowest BCUT2D eigenvalue weighted by Crippen LogP contribution is -2.25. The lowest BCUT2D eigenvalue weighted by Gasteiger charge is -2.06. The zero-order valence-corrected chi connectivity index (χ0v) is 10.3. The molecule has 90 valence electrons. The number of unbranched alkanes of at least 4 members (excludes halogenated alkanes) is 1. The normalized spacial score (nSPS) is 11.6. The number of sulfonamides is 1. The largest absolute Gasteiger partial charge is 0.330 e. The number of nitrogens with two attached hydrogens (primary N) is 1. The molecule has 5 nitrogen and oxygen atoms in total. The number of pyridine rings is 1. The van der Waals surface area contributed by atoms with Gasteiger partial charge in [-0.25, -0.2) is 18.1 Å². The SMILES string of the molecule is NCCCCNS(=O)(=O)c1cccnc1Cl. The Morgan fingerprint density at radius 2 is 2.19 bits per heavy atom. The van der Waals surface area contributed by atoms with Gasteiger partial charge in [0.05, 0.1) is 0 Å². The van der Waals surface area contributed by atoms with E-state index in [9.17, 15) is 8.42 Å². The minimum atomic E-state index is -3.56. The molecule has 0 aliphatic rings. The van der Waals surface area contributed by atoms with Crippen LogP contribution >= 0.6 is 11.6 Å². The summed E-state index contributed by atoms with van der Waals surface area (Å²) >= 11 is 5.70. The quantitative estimate of drug-likeness (QED) is 0.586. The molecule has 0 bridgehead atoms. The Morgan fingerprint density at radius 3 is 2.81 bits per heavy atom. The van der Waals surface area contributed by atoms with Gasteiger partial charge in [-0.2, -0.15) is 0 Å². The minimum absolute atomic E-state index is 0.00409. The van der Waals surface area contributed by atoms with Crippen molar-refractivity contribution in [3.05, 3.63) is 23.5 Å². The summed E-state index contributed by atoms with van der Waals surface area (Å²) in [5.41, 5.74) is 5.31. The third kappa shape index (κ3) is 3.71. The van der Waals surface area contributed by atoms with E-state index in [0.717, 1.165) is 6.42 Å². The van der Waals surface area contributed by atoms with Crippen LogP contribution in [-0.4, -0.2) is 26.5 Å². The van der Waals surface area contributed by atoms with E-state index >= 15 is 0 Å². The maximum absolute atomic E-state index is 11.7. The average Bonchev–Trinajstić information content (AvgIpc) is 2.25. The van der Waals surface area contributed by atoms with Gasteiger partial charge in [0, 0.05) is 12.7 Å². The molecule has 0 aromatic carbocycles. The maximum atomic E-state index is 11.7. The Hall–Kier alpha value is -0.690. The molecular weight excluding hydrogens is 250 g/mol. The van der Waals surface area contributed by atoms with E-state index in [0.29, 0.717) is 19.5 Å². The van der Waals surface area contributed by atoms with E-state index in [2.05, 4.69) is 9.71 Å². The number of nitrogens with one attached hydrogen (secondary N) is 1. The van der Waals surface area contributed by atoms with Gasteiger partial charge < -0.3 is 5.73 Å². The van der Waals surface area contributed by atoms with E-state index < -0.39 is 10.0 Å². The molecule has 0 aliphatic carbocycles. The molecule has 0 atom stereocenters. The molecule has 0 spiro atoms. The molecule has 0 aliphatic heterocycles. The maximum Gasteiger partial charge on any atom is 0.243 e. The van der Waals surface area contributed by atoms with Crippen LogP contribution in [0, 0.1) is 0 Å². The Kier molecular flexibility index (Phi) is 5.14. The van der Waals surface area contributed by atoms with Gasteiger partial charge in [-0.3, -0.25) is 0 Å². The molecule has 0 saturated carbocycles. The van der Waals surface area contributed by atoms with Crippen molar-refractivity contribution in [3.63, 3.8) is 0 Å². The molecule has 7 heteroatoms. The monoisotopic (exact) mass is 263 g/mol. The molecule has 0 radical (unpaired) electrons. The van der Waals surface area contributed by atoms with Gasteiger partial charge in [-0.1, -0.05) is 11.6 Å². The van der Waals surface area contributed by atoms with Crippen LogP contribution in [-0.2, 0) is 10.0 Å². The fraction of sp³-hybridized carbons (Fsp3) is 0.444. The molecule has 1 rings (SSSR count). The van der Waals surface area contributed by atoms with Crippen LogP contribution in [0.2, 0.25) is 5.15 Å². The van der Waals surface area contributed by atoms with Gasteiger partial charge >= 0.3 is 0 Å². The summed E-state index contributed by atoms with van der Waals surface area (Å²) in [4.78, 5) is 3.72. The van der Waals surface area contributed by atoms with Gasteiger partial charge in [0.2, 0.25) is 10.0 Å². The summed E-state index contributed by atoms with van der Waals surface area (Å²) in [7, 11) is -3.56. The van der Waals surface area contributed by atoms with Crippen molar-refractivity contribution in [1.82, 2.24) is 9.71 Å². The van der Waals surface area contributed by atoms with Gasteiger partial charge in [0.15, 0.2) is 0 Å². The highest BCUT2D eigenvalue weighted by Crippen LogP contribution is 2.17. The third-order valence-electron chi connectivity index (χ3n) is 1.94. The lowest BCUT2D eigenvalue weighted by molar-refractivity contribution is 0.577. The van der Waals surface area contributed by atoms with E-state index in [-0.39, 0.29) is 10.0 Å². The molecule has 16 heavy (non-hydrogen) atoms. The van der Waals surface area contributed by atoms with Crippen molar-refractivity contribution < 1.29 is 8.42 Å². The van der Waals surface area contributed by atoms with Crippen molar-refractivity contribution >= 4 is 21.6 Å². The predicted octanol–water partition coefficient (Wildman–Crippen LogP) is 0.752. The van der Waals surface area contributed by atoms with Crippen LogP contribution in [0.1, 0.15) is 12.8 Å². The van der Waals surface area contributed by atoms with Crippen molar-refractivity contribution in [3.8, 4) is 0 Å². The van der Waals surface area contributed by atoms with Crippen LogP contribution in [0.3, 0.4) is 0 Å². The highest BCUT2D eigenvalue weighted by atomic mass is 35.5. The molecule has 1 heterocycles. The standard InChI is InChI=1S/C9H14ClN3O2S/c10-9-8(4-3-6-12-9)16(14,15)13-7-2-1-5-11/h3-4,6,13H,1-2,5,7,11H2. The van der Waals surface area contributed by atoms with E-state index in [4.69, 9.17) is 17.3 Å². The Labute approximate surface area is 100 Å². The second-order valence-corrected chi connectivity index (χ2v) is 5.28. The van der Waals surface area contributed by atoms with Crippen molar-refractivity contribution in [2.75, 3.05) is 13.1 Å². The first-order valence-electron chi connectivity index (χ1n) is 4.88. The van der Waals surface area contributed by atoms with E-state index in [1.54, 1.807) is 0 Å². The smallest absolute Gasteiger partial charge is 0.243 e. The zero-order chi connectivity index (χ0) is 12.0. The van der Waals surface area contributed by atoms with E-state index in [1.165, 1.54) is 18.3 Å². The molecular formula is C9H14ClN3O2S. The highest BCUT2D eigenvalue weighted by molar-refractivity contribution is 7.89. The summed E-state index contributed by atoms with van der Waals surface area (Å²) in [6.45, 7) is 0.903. The fourth-order valence-corrected chi connectivity index (χ4v) is 2.65. The van der Waals surface area contributed by atoms with Crippen LogP contribution in [0.15, 0.2) is 23.2 Å². The number of halogens is 1. The molecule has 0 fully saturated rings. The first-order valence-corrected chi connectivity index (χ1v) is 6.74. The molecule has 0 saturated heterocycles. The Bertz CT molecular complexity index is 436. The fourth-order valence-electron chi connectivity index (χ4n) is 1.13. The summed E-state index contributed by atoms with van der Waals surface area (Å²) < 4.78 is 25.9. The second kappa shape index (κ2) is 6.15. The van der Waals surface area contributed by atoms with Gasteiger partial charge in [-0.15, -0.1) is 0 Å². The van der Waals surface area contributed by atoms with Crippen LogP contribution in [0.25, 0.3) is 0 Å². The number of hydrogen-bond donors (Lipinski definition) is 2. The summed E-state index contributed by atoms with van der Waals surface area (Å²) in [6, 6.07) is 2.95. The molecule has 1 aromatic heterocycles. The Morgan fingerprint density at radius 1 is 1.44 bits per heavy atom. The van der Waals surface area contributed by atoms with Gasteiger partial charge in [0.25, 0.3) is 0 Å². The average molecular weight is 264 g/mol. The van der Waals surface area contributed by atoms with Gasteiger partial charge in [-0.05, 0) is 31.5 Å². The first-order chi connectivity index (χ1) is 7.58. The van der Waals surface area contributed by atoms with Crippen molar-refractivity contribution in [2.45, 2.75) is 17.7 Å². The zero-order valence-electron chi connectivity index (χ0n) is 8.69. The predicted molar refractivity (Wildman–Crippen MR) is 62.7 cm³/mol. The van der Waals surface area contributed by atoms with Crippen LogP contribution < -0.4 is 10.5 Å². The number of rotatable bonds is 6. The molecule has 0 unspecified atom stereocenters. The summed E-state index contributed by atoms with van der Waals surface area (Å²) in [5, 5.41) is -0.0196. The van der Waals surface area contributed by atoms with Crippen LogP contribution in [0.4, 0.5) is 0 Å². The topological polar surface area (TPSA) is 85.1 Å². The molecule has 1 aromatic rings. The summed E-state index contributed by atoms with van der Waals surface area (Å²) in [6.07, 6.45) is 2.92. The first kappa shape index (κ1) is 13.4. The van der Waals surface area contributed by atoms with Gasteiger partial charge in [0.1, 0.15) is 10.0 Å². The minimum Gasteiger partial charge on any atom is -0.330 e. The summed E-state index contributed by atoms with van der Waals surface area (Å²) in [5.74, 6) is 0. The van der Waals surface area contributed by atoms with E-state index in [1.807, 2.05) is 0 Å². The van der Waals surface area contributed by atoms with Crippen LogP contribution in [0.5, 0.6) is 0 Å².